The number of ether oxygens (including phenoxy) is 2. The molecule has 1 heterocycles. The van der Waals surface area contributed by atoms with Crippen molar-refractivity contribution in [2.24, 2.45) is 0 Å². The predicted octanol–water partition coefficient (Wildman–Crippen LogP) is 2.77. The molecule has 0 radical (unpaired) electrons. The van der Waals surface area contributed by atoms with E-state index in [0.29, 0.717) is 12.6 Å². The molecule has 0 saturated heterocycles. The van der Waals surface area contributed by atoms with E-state index in [-0.39, 0.29) is 5.60 Å². The average Bonchev–Trinajstić information content (AvgIpc) is 2.37. The monoisotopic (exact) mass is 266 g/mol. The maximum Gasteiger partial charge on any atom is 0.122 e. The smallest absolute Gasteiger partial charge is 0.122 e. The van der Waals surface area contributed by atoms with E-state index in [1.807, 2.05) is 12.1 Å². The Morgan fingerprint density at radius 1 is 1.37 bits per heavy atom. The largest absolute Gasteiger partial charge is 0.493 e. The highest BCUT2D eigenvalue weighted by atomic mass is 16.5. The summed E-state index contributed by atoms with van der Waals surface area (Å²) in [6.07, 6.45) is 2.64. The van der Waals surface area contributed by atoms with Crippen molar-refractivity contribution in [1.29, 1.82) is 0 Å². The number of hydrogen-bond donors (Lipinski definition) is 1. The van der Waals surface area contributed by atoms with Crippen molar-refractivity contribution in [2.45, 2.75) is 52.3 Å². The number of nitrogens with one attached hydrogen (secondary N) is 1. The van der Waals surface area contributed by atoms with Crippen LogP contribution in [0.15, 0.2) is 18.3 Å². The molecule has 1 N–H and O–H groups in total. The van der Waals surface area contributed by atoms with E-state index in [1.165, 1.54) is 0 Å². The summed E-state index contributed by atoms with van der Waals surface area (Å²) in [6, 6.07) is 4.32. The topological polar surface area (TPSA) is 43.4 Å². The van der Waals surface area contributed by atoms with E-state index in [2.05, 4.69) is 38.0 Å². The van der Waals surface area contributed by atoms with Gasteiger partial charge in [0.1, 0.15) is 5.75 Å². The maximum absolute atomic E-state index is 5.74. The number of rotatable bonds is 8. The van der Waals surface area contributed by atoms with E-state index >= 15 is 0 Å². The van der Waals surface area contributed by atoms with Crippen molar-refractivity contribution in [3.05, 3.63) is 24.0 Å². The van der Waals surface area contributed by atoms with Crippen LogP contribution in [0.5, 0.6) is 5.75 Å². The Labute approximate surface area is 116 Å². The fourth-order valence-corrected chi connectivity index (χ4v) is 1.47. The third kappa shape index (κ3) is 6.55. The maximum atomic E-state index is 5.74. The highest BCUT2D eigenvalue weighted by Crippen LogP contribution is 2.16. The molecule has 0 aliphatic rings. The van der Waals surface area contributed by atoms with Crippen LogP contribution in [0, 0.1) is 0 Å². The highest BCUT2D eigenvalue weighted by molar-refractivity contribution is 5.22. The molecule has 1 aromatic heterocycles. The van der Waals surface area contributed by atoms with E-state index in [4.69, 9.17) is 9.47 Å². The van der Waals surface area contributed by atoms with Crippen molar-refractivity contribution >= 4 is 0 Å². The zero-order chi connectivity index (χ0) is 14.3. The van der Waals surface area contributed by atoms with Gasteiger partial charge >= 0.3 is 0 Å². The normalized spacial score (nSPS) is 11.9. The van der Waals surface area contributed by atoms with E-state index in [1.54, 1.807) is 13.3 Å². The molecule has 4 nitrogen and oxygen atoms in total. The van der Waals surface area contributed by atoms with Gasteiger partial charge in [0.25, 0.3) is 0 Å². The summed E-state index contributed by atoms with van der Waals surface area (Å²) in [4.78, 5) is 4.32. The summed E-state index contributed by atoms with van der Waals surface area (Å²) in [7, 11) is 1.72. The molecule has 19 heavy (non-hydrogen) atoms. The van der Waals surface area contributed by atoms with Crippen LogP contribution in [0.4, 0.5) is 0 Å². The Morgan fingerprint density at radius 3 is 2.74 bits per heavy atom. The van der Waals surface area contributed by atoms with Crippen LogP contribution in [0.3, 0.4) is 0 Å². The third-order valence-electron chi connectivity index (χ3n) is 3.00. The number of aromatic nitrogens is 1. The van der Waals surface area contributed by atoms with Gasteiger partial charge in [0.15, 0.2) is 0 Å². The minimum absolute atomic E-state index is 0.144. The lowest BCUT2D eigenvalue weighted by molar-refractivity contribution is 0.00544. The minimum atomic E-state index is -0.144. The van der Waals surface area contributed by atoms with Gasteiger partial charge in [-0.2, -0.15) is 0 Å². The SMILES string of the molecule is COC(C)(C)CCOc1ccnc(CNC(C)C)c1. The van der Waals surface area contributed by atoms with Crippen LogP contribution in [0.2, 0.25) is 0 Å². The summed E-state index contributed by atoms with van der Waals surface area (Å²) in [5, 5.41) is 3.34. The molecule has 0 fully saturated rings. The van der Waals surface area contributed by atoms with Crippen LogP contribution < -0.4 is 10.1 Å². The van der Waals surface area contributed by atoms with Gasteiger partial charge in [-0.15, -0.1) is 0 Å². The van der Waals surface area contributed by atoms with E-state index < -0.39 is 0 Å². The second-order valence-corrected chi connectivity index (χ2v) is 5.58. The molecular formula is C15H26N2O2. The lowest BCUT2D eigenvalue weighted by atomic mass is 10.1. The van der Waals surface area contributed by atoms with Crippen molar-refractivity contribution < 1.29 is 9.47 Å². The van der Waals surface area contributed by atoms with Gasteiger partial charge in [-0.25, -0.2) is 0 Å². The molecule has 0 bridgehead atoms. The number of methoxy groups -OCH3 is 1. The molecule has 0 spiro atoms. The Bertz CT molecular complexity index is 378. The number of pyridine rings is 1. The fourth-order valence-electron chi connectivity index (χ4n) is 1.47. The van der Waals surface area contributed by atoms with Crippen LogP contribution in [0.25, 0.3) is 0 Å². The van der Waals surface area contributed by atoms with E-state index in [0.717, 1.165) is 24.4 Å². The van der Waals surface area contributed by atoms with Crippen LogP contribution >= 0.6 is 0 Å². The lowest BCUT2D eigenvalue weighted by Gasteiger charge is -2.22. The first-order valence-corrected chi connectivity index (χ1v) is 6.79. The molecule has 0 atom stereocenters. The van der Waals surface area contributed by atoms with Gasteiger partial charge in [-0.3, -0.25) is 4.98 Å². The van der Waals surface area contributed by atoms with Crippen LogP contribution in [0.1, 0.15) is 39.8 Å². The number of hydrogen-bond acceptors (Lipinski definition) is 4. The second kappa shape index (κ2) is 7.46. The first-order chi connectivity index (χ1) is 8.93. The first kappa shape index (κ1) is 15.9. The Kier molecular flexibility index (Phi) is 6.25. The van der Waals surface area contributed by atoms with Crippen LogP contribution in [-0.4, -0.2) is 30.3 Å². The van der Waals surface area contributed by atoms with Gasteiger partial charge in [-0.1, -0.05) is 13.8 Å². The molecule has 0 aliphatic carbocycles. The number of nitrogens with zero attached hydrogens (tertiary/aromatic N) is 1. The molecule has 1 rings (SSSR count). The third-order valence-corrected chi connectivity index (χ3v) is 3.00. The van der Waals surface area contributed by atoms with Crippen LogP contribution in [-0.2, 0) is 11.3 Å². The van der Waals surface area contributed by atoms with Crippen molar-refractivity contribution in [3.8, 4) is 5.75 Å². The second-order valence-electron chi connectivity index (χ2n) is 5.58. The first-order valence-electron chi connectivity index (χ1n) is 6.79. The molecule has 1 aromatic rings. The summed E-state index contributed by atoms with van der Waals surface area (Å²) >= 11 is 0. The highest BCUT2D eigenvalue weighted by Gasteiger charge is 2.15. The summed E-state index contributed by atoms with van der Waals surface area (Å²) < 4.78 is 11.1. The zero-order valence-electron chi connectivity index (χ0n) is 12.7. The fraction of sp³-hybridized carbons (Fsp3) is 0.667. The molecule has 0 amide bonds. The molecule has 0 aromatic carbocycles. The Hall–Kier alpha value is -1.13. The zero-order valence-corrected chi connectivity index (χ0v) is 12.7. The summed E-state index contributed by atoms with van der Waals surface area (Å²) in [6.45, 7) is 9.75. The van der Waals surface area contributed by atoms with E-state index in [9.17, 15) is 0 Å². The van der Waals surface area contributed by atoms with Gasteiger partial charge < -0.3 is 14.8 Å². The van der Waals surface area contributed by atoms with Gasteiger partial charge in [0, 0.05) is 38.4 Å². The van der Waals surface area contributed by atoms with Gasteiger partial charge in [0.05, 0.1) is 17.9 Å². The standard InChI is InChI=1S/C15H26N2O2/c1-12(2)17-11-13-10-14(6-8-16-13)19-9-7-15(3,4)18-5/h6,8,10,12,17H,7,9,11H2,1-5H3. The van der Waals surface area contributed by atoms with Crippen molar-refractivity contribution in [2.75, 3.05) is 13.7 Å². The predicted molar refractivity (Wildman–Crippen MR) is 77.4 cm³/mol. The van der Waals surface area contributed by atoms with Crippen molar-refractivity contribution in [1.82, 2.24) is 10.3 Å². The molecule has 108 valence electrons. The summed E-state index contributed by atoms with van der Waals surface area (Å²) in [5.74, 6) is 0.863. The quantitative estimate of drug-likeness (QED) is 0.785. The molecule has 0 saturated carbocycles. The molecule has 0 unspecified atom stereocenters. The van der Waals surface area contributed by atoms with Gasteiger partial charge in [-0.05, 0) is 19.9 Å². The Morgan fingerprint density at radius 2 is 2.11 bits per heavy atom. The molecular weight excluding hydrogens is 240 g/mol. The summed E-state index contributed by atoms with van der Waals surface area (Å²) in [5.41, 5.74) is 0.854. The Balaban J connectivity index is 2.44. The molecule has 0 aliphatic heterocycles. The van der Waals surface area contributed by atoms with Gasteiger partial charge in [0.2, 0.25) is 0 Å². The van der Waals surface area contributed by atoms with Crippen molar-refractivity contribution in [3.63, 3.8) is 0 Å². The lowest BCUT2D eigenvalue weighted by Crippen LogP contribution is -2.25. The molecule has 4 heteroatoms. The average molecular weight is 266 g/mol. The minimum Gasteiger partial charge on any atom is -0.493 e.